The van der Waals surface area contributed by atoms with E-state index in [4.69, 9.17) is 0 Å². The minimum Gasteiger partial charge on any atom is -0.357 e. The molecule has 2 amide bonds. The molecular formula is C28H33N3O4S. The zero-order valence-corrected chi connectivity index (χ0v) is 22.0. The summed E-state index contributed by atoms with van der Waals surface area (Å²) in [7, 11) is -0.978. The van der Waals surface area contributed by atoms with Crippen molar-refractivity contribution in [3.05, 3.63) is 101 Å². The van der Waals surface area contributed by atoms with Crippen LogP contribution < -0.4 is 5.32 Å². The molecule has 0 spiro atoms. The SMILES string of the molecule is CNC(=O)[C@@H](Cc1ccccc1)N(Cc1ccccc1C)C(=O)CN(C)S(=O)(=O)c1ccc(C)cc1. The van der Waals surface area contributed by atoms with Crippen LogP contribution in [-0.4, -0.2) is 56.1 Å². The highest BCUT2D eigenvalue weighted by Crippen LogP contribution is 2.19. The lowest BCUT2D eigenvalue weighted by Gasteiger charge is -2.32. The van der Waals surface area contributed by atoms with Gasteiger partial charge in [0, 0.05) is 27.1 Å². The number of hydrogen-bond donors (Lipinski definition) is 1. The van der Waals surface area contributed by atoms with Gasteiger partial charge in [0.15, 0.2) is 0 Å². The monoisotopic (exact) mass is 507 g/mol. The average molecular weight is 508 g/mol. The van der Waals surface area contributed by atoms with Gasteiger partial charge in [-0.1, -0.05) is 72.3 Å². The van der Waals surface area contributed by atoms with Gasteiger partial charge in [-0.25, -0.2) is 8.42 Å². The second-order valence-electron chi connectivity index (χ2n) is 8.84. The maximum atomic E-state index is 13.7. The number of amides is 2. The lowest BCUT2D eigenvalue weighted by atomic mass is 10.0. The number of nitrogens with zero attached hydrogens (tertiary/aromatic N) is 2. The van der Waals surface area contributed by atoms with Crippen LogP contribution in [0.5, 0.6) is 0 Å². The Bertz CT molecular complexity index is 1290. The highest BCUT2D eigenvalue weighted by Gasteiger charge is 2.32. The van der Waals surface area contributed by atoms with Gasteiger partial charge in [0.1, 0.15) is 6.04 Å². The zero-order valence-electron chi connectivity index (χ0n) is 21.1. The van der Waals surface area contributed by atoms with Crippen LogP contribution in [0.2, 0.25) is 0 Å². The van der Waals surface area contributed by atoms with Crippen LogP contribution in [0.3, 0.4) is 0 Å². The number of carbonyl (C=O) groups is 2. The first-order valence-corrected chi connectivity index (χ1v) is 13.2. The molecule has 0 aliphatic carbocycles. The van der Waals surface area contributed by atoms with Crippen LogP contribution >= 0.6 is 0 Å². The van der Waals surface area contributed by atoms with Gasteiger partial charge in [0.05, 0.1) is 11.4 Å². The van der Waals surface area contributed by atoms with E-state index >= 15 is 0 Å². The number of nitrogens with one attached hydrogen (secondary N) is 1. The topological polar surface area (TPSA) is 86.8 Å². The molecular weight excluding hydrogens is 474 g/mol. The van der Waals surface area contributed by atoms with Crippen molar-refractivity contribution in [2.75, 3.05) is 20.6 Å². The van der Waals surface area contributed by atoms with Gasteiger partial charge < -0.3 is 10.2 Å². The Morgan fingerprint density at radius 2 is 1.50 bits per heavy atom. The molecule has 0 heterocycles. The lowest BCUT2D eigenvalue weighted by Crippen LogP contribution is -2.52. The first kappa shape index (κ1) is 27.1. The van der Waals surface area contributed by atoms with Crippen molar-refractivity contribution in [2.45, 2.75) is 37.8 Å². The van der Waals surface area contributed by atoms with E-state index in [-0.39, 0.29) is 17.3 Å². The van der Waals surface area contributed by atoms with E-state index in [2.05, 4.69) is 5.32 Å². The molecule has 0 saturated carbocycles. The predicted molar refractivity (Wildman–Crippen MR) is 141 cm³/mol. The molecule has 190 valence electrons. The van der Waals surface area contributed by atoms with Crippen LogP contribution in [0.4, 0.5) is 0 Å². The van der Waals surface area contributed by atoms with E-state index in [0.717, 1.165) is 26.6 Å². The van der Waals surface area contributed by atoms with Crippen molar-refractivity contribution < 1.29 is 18.0 Å². The quantitative estimate of drug-likeness (QED) is 0.456. The Hall–Kier alpha value is -3.49. The maximum Gasteiger partial charge on any atom is 0.243 e. The number of likely N-dealkylation sites (N-methyl/N-ethyl adjacent to an activating group) is 2. The van der Waals surface area contributed by atoms with E-state index in [1.165, 1.54) is 31.1 Å². The fraction of sp³-hybridized carbons (Fsp3) is 0.286. The van der Waals surface area contributed by atoms with Gasteiger partial charge in [0.2, 0.25) is 21.8 Å². The third kappa shape index (κ3) is 6.59. The Morgan fingerprint density at radius 3 is 2.11 bits per heavy atom. The van der Waals surface area contributed by atoms with E-state index < -0.39 is 28.5 Å². The summed E-state index contributed by atoms with van der Waals surface area (Å²) >= 11 is 0. The summed E-state index contributed by atoms with van der Waals surface area (Å²) < 4.78 is 27.3. The Morgan fingerprint density at radius 1 is 0.889 bits per heavy atom. The van der Waals surface area contributed by atoms with Crippen LogP contribution in [0, 0.1) is 13.8 Å². The highest BCUT2D eigenvalue weighted by molar-refractivity contribution is 7.89. The fourth-order valence-corrected chi connectivity index (χ4v) is 5.07. The van der Waals surface area contributed by atoms with Crippen molar-refractivity contribution in [1.29, 1.82) is 0 Å². The first-order chi connectivity index (χ1) is 17.1. The summed E-state index contributed by atoms with van der Waals surface area (Å²) in [5, 5.41) is 2.67. The van der Waals surface area contributed by atoms with Crippen molar-refractivity contribution >= 4 is 21.8 Å². The van der Waals surface area contributed by atoms with Gasteiger partial charge in [-0.05, 0) is 42.7 Å². The summed E-state index contributed by atoms with van der Waals surface area (Å²) in [5.74, 6) is -0.772. The zero-order chi connectivity index (χ0) is 26.3. The smallest absolute Gasteiger partial charge is 0.243 e. The van der Waals surface area contributed by atoms with E-state index in [9.17, 15) is 18.0 Å². The van der Waals surface area contributed by atoms with Crippen LogP contribution in [0.1, 0.15) is 22.3 Å². The van der Waals surface area contributed by atoms with Crippen molar-refractivity contribution in [1.82, 2.24) is 14.5 Å². The second kappa shape index (κ2) is 12.0. The molecule has 0 saturated heterocycles. The molecule has 8 heteroatoms. The Kier molecular flexibility index (Phi) is 9.01. The highest BCUT2D eigenvalue weighted by atomic mass is 32.2. The molecule has 0 aliphatic rings. The van der Waals surface area contributed by atoms with Gasteiger partial charge in [-0.2, -0.15) is 4.31 Å². The maximum absolute atomic E-state index is 13.7. The Balaban J connectivity index is 1.95. The van der Waals surface area contributed by atoms with Crippen molar-refractivity contribution in [3.63, 3.8) is 0 Å². The number of sulfonamides is 1. The molecule has 0 fully saturated rings. The first-order valence-electron chi connectivity index (χ1n) is 11.8. The van der Waals surface area contributed by atoms with Gasteiger partial charge in [-0.15, -0.1) is 0 Å². The molecule has 36 heavy (non-hydrogen) atoms. The predicted octanol–water partition coefficient (Wildman–Crippen LogP) is 3.31. The number of carbonyl (C=O) groups excluding carboxylic acids is 2. The summed E-state index contributed by atoms with van der Waals surface area (Å²) in [6, 6.07) is 22.8. The van der Waals surface area contributed by atoms with E-state index in [1.807, 2.05) is 68.4 Å². The number of rotatable bonds is 10. The third-order valence-electron chi connectivity index (χ3n) is 6.21. The minimum atomic E-state index is -3.89. The Labute approximate surface area is 213 Å². The summed E-state index contributed by atoms with van der Waals surface area (Å²) in [5.41, 5.74) is 3.70. The molecule has 1 atom stereocenters. The summed E-state index contributed by atoms with van der Waals surface area (Å²) in [4.78, 5) is 28.3. The molecule has 0 aromatic heterocycles. The van der Waals surface area contributed by atoms with Crippen molar-refractivity contribution in [3.8, 4) is 0 Å². The van der Waals surface area contributed by atoms with Gasteiger partial charge >= 0.3 is 0 Å². The molecule has 3 aromatic rings. The second-order valence-corrected chi connectivity index (χ2v) is 10.9. The fourth-order valence-electron chi connectivity index (χ4n) is 3.95. The lowest BCUT2D eigenvalue weighted by molar-refractivity contribution is -0.141. The van der Waals surface area contributed by atoms with Gasteiger partial charge in [-0.3, -0.25) is 9.59 Å². The molecule has 0 aliphatic heterocycles. The normalized spacial score (nSPS) is 12.2. The minimum absolute atomic E-state index is 0.112. The molecule has 3 aromatic carbocycles. The molecule has 7 nitrogen and oxygen atoms in total. The van der Waals surface area contributed by atoms with Crippen LogP contribution in [-0.2, 0) is 32.6 Å². The number of hydrogen-bond acceptors (Lipinski definition) is 4. The third-order valence-corrected chi connectivity index (χ3v) is 8.02. The molecule has 0 unspecified atom stereocenters. The summed E-state index contributed by atoms with van der Waals surface area (Å²) in [6.45, 7) is 3.59. The summed E-state index contributed by atoms with van der Waals surface area (Å²) in [6.07, 6.45) is 0.298. The van der Waals surface area contributed by atoms with Gasteiger partial charge in [0.25, 0.3) is 0 Å². The molecule has 0 bridgehead atoms. The molecule has 1 N–H and O–H groups in total. The number of benzene rings is 3. The molecule has 0 radical (unpaired) electrons. The van der Waals surface area contributed by atoms with E-state index in [1.54, 1.807) is 12.1 Å². The van der Waals surface area contributed by atoms with Crippen LogP contribution in [0.25, 0.3) is 0 Å². The van der Waals surface area contributed by atoms with E-state index in [0.29, 0.717) is 6.42 Å². The largest absolute Gasteiger partial charge is 0.357 e. The van der Waals surface area contributed by atoms with Crippen LogP contribution in [0.15, 0.2) is 83.8 Å². The average Bonchev–Trinajstić information content (AvgIpc) is 2.87. The molecule has 3 rings (SSSR count). The number of aryl methyl sites for hydroxylation is 2. The van der Waals surface area contributed by atoms with Crippen molar-refractivity contribution in [2.24, 2.45) is 0 Å². The standard InChI is InChI=1S/C28H33N3O4S/c1-21-14-16-25(17-15-21)36(34,35)30(4)20-27(32)31(19-24-13-9-8-10-22(24)2)26(28(33)29-3)18-23-11-6-5-7-12-23/h5-17,26H,18-20H2,1-4H3,(H,29,33)/t26-/m1/s1.